The second-order valence-corrected chi connectivity index (χ2v) is 4.10. The highest BCUT2D eigenvalue weighted by molar-refractivity contribution is 5.95. The number of unbranched alkanes of at least 4 members (excludes halogenated alkanes) is 1. The number of aliphatic hydroxyl groups is 1. The first kappa shape index (κ1) is 15.1. The van der Waals surface area contributed by atoms with E-state index >= 15 is 0 Å². The molecule has 0 aliphatic heterocycles. The lowest BCUT2D eigenvalue weighted by molar-refractivity contribution is -0.143. The van der Waals surface area contributed by atoms with E-state index < -0.39 is 24.5 Å². The van der Waals surface area contributed by atoms with Crippen molar-refractivity contribution >= 4 is 11.9 Å². The summed E-state index contributed by atoms with van der Waals surface area (Å²) < 4.78 is 0. The Labute approximate surface area is 111 Å². The van der Waals surface area contributed by atoms with E-state index in [4.69, 9.17) is 10.2 Å². The second-order valence-electron chi connectivity index (χ2n) is 4.10. The van der Waals surface area contributed by atoms with Crippen LogP contribution in [0.15, 0.2) is 24.4 Å². The molecule has 0 saturated carbocycles. The average Bonchev–Trinajstić information content (AvgIpc) is 2.43. The van der Waals surface area contributed by atoms with Gasteiger partial charge < -0.3 is 15.1 Å². The van der Waals surface area contributed by atoms with Gasteiger partial charge in [0.15, 0.2) is 6.04 Å². The van der Waals surface area contributed by atoms with Crippen molar-refractivity contribution in [2.45, 2.75) is 25.8 Å². The molecule has 6 nitrogen and oxygen atoms in total. The monoisotopic (exact) mass is 266 g/mol. The Morgan fingerprint density at radius 1 is 1.42 bits per heavy atom. The highest BCUT2D eigenvalue weighted by Crippen LogP contribution is 2.09. The number of aliphatic carboxylic acids is 1. The van der Waals surface area contributed by atoms with Crippen LogP contribution in [0, 0.1) is 0 Å². The van der Waals surface area contributed by atoms with E-state index in [1.807, 2.05) is 6.92 Å². The highest BCUT2D eigenvalue weighted by atomic mass is 16.4. The van der Waals surface area contributed by atoms with Gasteiger partial charge in [0.25, 0.3) is 5.91 Å². The topological polar surface area (TPSA) is 90.7 Å². The third kappa shape index (κ3) is 4.03. The van der Waals surface area contributed by atoms with Crippen LogP contribution < -0.4 is 0 Å². The van der Waals surface area contributed by atoms with Gasteiger partial charge in [-0.25, -0.2) is 4.79 Å². The van der Waals surface area contributed by atoms with Gasteiger partial charge in [0.1, 0.15) is 5.69 Å². The summed E-state index contributed by atoms with van der Waals surface area (Å²) in [5.74, 6) is -1.70. The predicted octanol–water partition coefficient (Wildman–Crippen LogP) is 0.769. The van der Waals surface area contributed by atoms with E-state index in [1.54, 1.807) is 12.1 Å². The van der Waals surface area contributed by atoms with Crippen LogP contribution in [-0.4, -0.2) is 51.2 Å². The Bertz CT molecular complexity index is 422. The van der Waals surface area contributed by atoms with Gasteiger partial charge in [-0.15, -0.1) is 0 Å². The van der Waals surface area contributed by atoms with E-state index in [0.717, 1.165) is 11.3 Å². The number of carboxylic acids is 1. The van der Waals surface area contributed by atoms with Gasteiger partial charge in [-0.05, 0) is 18.6 Å². The van der Waals surface area contributed by atoms with Crippen molar-refractivity contribution in [2.75, 3.05) is 13.2 Å². The normalized spacial score (nSPS) is 11.9. The fourth-order valence-electron chi connectivity index (χ4n) is 1.67. The Hall–Kier alpha value is -1.95. The summed E-state index contributed by atoms with van der Waals surface area (Å²) in [5, 5.41) is 18.2. The molecule has 2 N–H and O–H groups in total. The molecule has 1 atom stereocenters. The van der Waals surface area contributed by atoms with Gasteiger partial charge in [-0.3, -0.25) is 9.78 Å². The lowest BCUT2D eigenvalue weighted by Gasteiger charge is -2.27. The summed E-state index contributed by atoms with van der Waals surface area (Å²) in [6.45, 7) is 1.61. The summed E-state index contributed by atoms with van der Waals surface area (Å²) in [6, 6.07) is 3.62. The number of hydrogen-bond donors (Lipinski definition) is 2. The highest BCUT2D eigenvalue weighted by Gasteiger charge is 2.29. The number of amides is 1. The summed E-state index contributed by atoms with van der Waals surface area (Å²) in [4.78, 5) is 28.4. The molecular weight excluding hydrogens is 248 g/mol. The number of pyridine rings is 1. The minimum atomic E-state index is -1.24. The first-order valence-electron chi connectivity index (χ1n) is 6.17. The molecular formula is C13H18N2O4. The van der Waals surface area contributed by atoms with Crippen molar-refractivity contribution in [3.05, 3.63) is 30.1 Å². The van der Waals surface area contributed by atoms with E-state index in [-0.39, 0.29) is 12.2 Å². The van der Waals surface area contributed by atoms with E-state index in [1.165, 1.54) is 12.3 Å². The molecule has 0 saturated heterocycles. The van der Waals surface area contributed by atoms with Crippen molar-refractivity contribution in [1.29, 1.82) is 0 Å². The number of carbonyl (C=O) groups is 2. The molecule has 1 rings (SSSR count). The number of carboxylic acid groups (broad SMARTS) is 1. The van der Waals surface area contributed by atoms with Crippen LogP contribution in [0.2, 0.25) is 0 Å². The van der Waals surface area contributed by atoms with Crippen molar-refractivity contribution in [3.8, 4) is 0 Å². The van der Waals surface area contributed by atoms with Gasteiger partial charge in [-0.2, -0.15) is 0 Å². The smallest absolute Gasteiger partial charge is 0.328 e. The molecule has 1 amide bonds. The molecule has 0 spiro atoms. The van der Waals surface area contributed by atoms with Crippen LogP contribution in [0.3, 0.4) is 0 Å². The lowest BCUT2D eigenvalue weighted by Crippen LogP contribution is -2.48. The third-order valence-electron chi connectivity index (χ3n) is 2.73. The minimum absolute atomic E-state index is 0.179. The average molecular weight is 266 g/mol. The summed E-state index contributed by atoms with van der Waals surface area (Å²) >= 11 is 0. The number of hydrogen-bond acceptors (Lipinski definition) is 4. The molecule has 1 aromatic heterocycles. The molecule has 6 heteroatoms. The van der Waals surface area contributed by atoms with Gasteiger partial charge in [-0.1, -0.05) is 19.4 Å². The van der Waals surface area contributed by atoms with Gasteiger partial charge in [0.05, 0.1) is 6.61 Å². The molecule has 19 heavy (non-hydrogen) atoms. The zero-order valence-electron chi connectivity index (χ0n) is 10.8. The second kappa shape index (κ2) is 7.48. The summed E-state index contributed by atoms with van der Waals surface area (Å²) in [7, 11) is 0. The Balaban J connectivity index is 2.96. The number of aliphatic hydroxyl groups excluding tert-OH is 1. The predicted molar refractivity (Wildman–Crippen MR) is 68.7 cm³/mol. The molecule has 0 bridgehead atoms. The maximum Gasteiger partial charge on any atom is 0.328 e. The van der Waals surface area contributed by atoms with Crippen LogP contribution in [0.1, 0.15) is 30.3 Å². The number of aromatic nitrogens is 1. The van der Waals surface area contributed by atoms with Gasteiger partial charge in [0.2, 0.25) is 0 Å². The number of rotatable bonds is 7. The third-order valence-corrected chi connectivity index (χ3v) is 2.73. The van der Waals surface area contributed by atoms with Crippen molar-refractivity contribution in [1.82, 2.24) is 9.88 Å². The fourth-order valence-corrected chi connectivity index (χ4v) is 1.67. The molecule has 1 aromatic rings. The number of carbonyl (C=O) groups excluding carboxylic acids is 1. The zero-order chi connectivity index (χ0) is 14.3. The first-order valence-corrected chi connectivity index (χ1v) is 6.17. The van der Waals surface area contributed by atoms with Gasteiger partial charge in [0, 0.05) is 12.7 Å². The van der Waals surface area contributed by atoms with Crippen LogP contribution in [0.25, 0.3) is 0 Å². The molecule has 1 unspecified atom stereocenters. The lowest BCUT2D eigenvalue weighted by atomic mass is 10.2. The Morgan fingerprint density at radius 2 is 2.16 bits per heavy atom. The quantitative estimate of drug-likeness (QED) is 0.760. The van der Waals surface area contributed by atoms with Gasteiger partial charge >= 0.3 is 5.97 Å². The van der Waals surface area contributed by atoms with E-state index in [0.29, 0.717) is 6.42 Å². The summed E-state index contributed by atoms with van der Waals surface area (Å²) in [6.07, 6.45) is 2.96. The first-order chi connectivity index (χ1) is 9.11. The maximum absolute atomic E-state index is 12.2. The fraction of sp³-hybridized carbons (Fsp3) is 0.462. The van der Waals surface area contributed by atoms with E-state index in [2.05, 4.69) is 4.98 Å². The van der Waals surface area contributed by atoms with Crippen LogP contribution in [-0.2, 0) is 4.79 Å². The largest absolute Gasteiger partial charge is 0.480 e. The van der Waals surface area contributed by atoms with Crippen LogP contribution in [0.5, 0.6) is 0 Å². The zero-order valence-corrected chi connectivity index (χ0v) is 10.8. The molecule has 0 fully saturated rings. The summed E-state index contributed by atoms with van der Waals surface area (Å²) in [5.41, 5.74) is 0.179. The Morgan fingerprint density at radius 3 is 2.63 bits per heavy atom. The SMILES string of the molecule is CCCCN(C(=O)c1ccccn1)C(CO)C(=O)O. The number of nitrogens with zero attached hydrogens (tertiary/aromatic N) is 2. The standard InChI is InChI=1S/C13H18N2O4/c1-2-3-8-15(11(9-16)13(18)19)12(17)10-6-4-5-7-14-10/h4-7,11,16H,2-3,8-9H2,1H3,(H,18,19). The molecule has 104 valence electrons. The van der Waals surface area contributed by atoms with Crippen molar-refractivity contribution in [3.63, 3.8) is 0 Å². The van der Waals surface area contributed by atoms with E-state index in [9.17, 15) is 9.59 Å². The van der Waals surface area contributed by atoms with Crippen LogP contribution >= 0.6 is 0 Å². The molecule has 1 heterocycles. The van der Waals surface area contributed by atoms with Crippen molar-refractivity contribution < 1.29 is 19.8 Å². The molecule has 0 aliphatic rings. The molecule has 0 aromatic carbocycles. The van der Waals surface area contributed by atoms with Crippen LogP contribution in [0.4, 0.5) is 0 Å². The molecule has 0 aliphatic carbocycles. The maximum atomic E-state index is 12.2. The minimum Gasteiger partial charge on any atom is -0.480 e. The molecule has 0 radical (unpaired) electrons. The Kier molecular flexibility index (Phi) is 5.95. The van der Waals surface area contributed by atoms with Crippen molar-refractivity contribution in [2.24, 2.45) is 0 Å².